The van der Waals surface area contributed by atoms with Gasteiger partial charge < -0.3 is 25.3 Å². The Kier molecular flexibility index (Phi) is 8.07. The van der Waals surface area contributed by atoms with Gasteiger partial charge in [0, 0.05) is 41.3 Å². The van der Waals surface area contributed by atoms with Gasteiger partial charge >= 0.3 is 0 Å². The minimum Gasteiger partial charge on any atom is -0.497 e. The standard InChI is InChI=1S/C32H36N6O3/c1-6-37(7-2)17-16-33-32(40)30-20(3)28(35-21(30)4)19-26-25-18-22(8-13-27(25)36-31(26)39)29-14-15-34-38(29)23-9-11-24(41-5)12-10-23/h8-15,18-19,35H,6-7,16-17H2,1-5H3,(H,33,40)(H,36,39). The normalized spacial score (nSPS) is 13.5. The average molecular weight is 553 g/mol. The summed E-state index contributed by atoms with van der Waals surface area (Å²) in [6.45, 7) is 11.3. The molecular weight excluding hydrogens is 516 g/mol. The van der Waals surface area contributed by atoms with Gasteiger partial charge in [-0.05, 0) is 81.0 Å². The van der Waals surface area contributed by atoms with Gasteiger partial charge in [-0.1, -0.05) is 19.9 Å². The molecular formula is C32H36N6O3. The summed E-state index contributed by atoms with van der Waals surface area (Å²) in [5.74, 6) is 0.477. The largest absolute Gasteiger partial charge is 0.497 e. The van der Waals surface area contributed by atoms with Crippen molar-refractivity contribution in [1.82, 2.24) is 25.0 Å². The summed E-state index contributed by atoms with van der Waals surface area (Å²) in [6.07, 6.45) is 3.59. The third-order valence-corrected chi connectivity index (χ3v) is 7.66. The first-order valence-electron chi connectivity index (χ1n) is 13.9. The number of benzene rings is 2. The van der Waals surface area contributed by atoms with Gasteiger partial charge in [-0.3, -0.25) is 9.59 Å². The van der Waals surface area contributed by atoms with E-state index in [0.717, 1.165) is 70.5 Å². The van der Waals surface area contributed by atoms with Gasteiger partial charge in [0.1, 0.15) is 5.75 Å². The summed E-state index contributed by atoms with van der Waals surface area (Å²) in [7, 11) is 1.64. The second-order valence-corrected chi connectivity index (χ2v) is 10.0. The van der Waals surface area contributed by atoms with Crippen LogP contribution in [0.1, 0.15) is 46.7 Å². The molecule has 9 heteroatoms. The van der Waals surface area contributed by atoms with Crippen LogP contribution in [-0.2, 0) is 4.79 Å². The SMILES string of the molecule is CCN(CC)CCNC(=O)c1c(C)[nH]c(C=C2C(=O)Nc3ccc(-c4ccnn4-c4ccc(OC)cc4)cc32)c1C. The molecule has 3 heterocycles. The lowest BCUT2D eigenvalue weighted by atomic mass is 10.0. The maximum atomic E-state index is 13.1. The van der Waals surface area contributed by atoms with Crippen molar-refractivity contribution in [3.8, 4) is 22.7 Å². The van der Waals surface area contributed by atoms with E-state index in [1.807, 2.05) is 73.1 Å². The first kappa shape index (κ1) is 27.9. The first-order valence-corrected chi connectivity index (χ1v) is 13.9. The Labute approximate surface area is 240 Å². The number of aromatic amines is 1. The van der Waals surface area contributed by atoms with Gasteiger partial charge in [0.2, 0.25) is 0 Å². The van der Waals surface area contributed by atoms with Gasteiger partial charge in [-0.25, -0.2) is 4.68 Å². The van der Waals surface area contributed by atoms with E-state index in [1.165, 1.54) is 0 Å². The van der Waals surface area contributed by atoms with E-state index in [2.05, 4.69) is 39.5 Å². The van der Waals surface area contributed by atoms with Gasteiger partial charge in [0.05, 0.1) is 35.8 Å². The number of rotatable bonds is 10. The first-order chi connectivity index (χ1) is 19.8. The Morgan fingerprint density at radius 1 is 1.10 bits per heavy atom. The van der Waals surface area contributed by atoms with E-state index in [0.29, 0.717) is 17.7 Å². The van der Waals surface area contributed by atoms with E-state index in [4.69, 9.17) is 4.74 Å². The number of methoxy groups -OCH3 is 1. The van der Waals surface area contributed by atoms with Crippen molar-refractivity contribution in [2.75, 3.05) is 38.6 Å². The van der Waals surface area contributed by atoms with Gasteiger partial charge in [-0.2, -0.15) is 5.10 Å². The van der Waals surface area contributed by atoms with Gasteiger partial charge in [0.25, 0.3) is 11.8 Å². The zero-order chi connectivity index (χ0) is 29.1. The van der Waals surface area contributed by atoms with E-state index < -0.39 is 0 Å². The highest BCUT2D eigenvalue weighted by Gasteiger charge is 2.26. The monoisotopic (exact) mass is 552 g/mol. The fourth-order valence-electron chi connectivity index (χ4n) is 5.30. The highest BCUT2D eigenvalue weighted by Crippen LogP contribution is 2.37. The Hall–Kier alpha value is -4.63. The van der Waals surface area contributed by atoms with Crippen molar-refractivity contribution in [2.24, 2.45) is 0 Å². The molecule has 0 saturated heterocycles. The maximum absolute atomic E-state index is 13.1. The minimum atomic E-state index is -0.183. The van der Waals surface area contributed by atoms with Crippen LogP contribution in [-0.4, -0.2) is 64.8 Å². The van der Waals surface area contributed by atoms with Crippen LogP contribution in [0.3, 0.4) is 0 Å². The van der Waals surface area contributed by atoms with Gasteiger partial charge in [0.15, 0.2) is 0 Å². The summed E-state index contributed by atoms with van der Waals surface area (Å²) in [4.78, 5) is 31.7. The fraction of sp³-hybridized carbons (Fsp3) is 0.281. The molecule has 0 aliphatic carbocycles. The number of carbonyl (C=O) groups is 2. The molecule has 2 amide bonds. The lowest BCUT2D eigenvalue weighted by molar-refractivity contribution is -0.110. The third kappa shape index (κ3) is 5.53. The molecule has 0 bridgehead atoms. The van der Waals surface area contributed by atoms with Crippen LogP contribution < -0.4 is 15.4 Å². The van der Waals surface area contributed by atoms with Crippen LogP contribution in [0.4, 0.5) is 5.69 Å². The summed E-state index contributed by atoms with van der Waals surface area (Å²) in [5, 5.41) is 10.5. The molecule has 0 atom stereocenters. The summed E-state index contributed by atoms with van der Waals surface area (Å²) >= 11 is 0. The lowest BCUT2D eigenvalue weighted by Gasteiger charge is -2.18. The van der Waals surface area contributed by atoms with Crippen molar-refractivity contribution in [2.45, 2.75) is 27.7 Å². The Bertz CT molecular complexity index is 1610. The molecule has 9 nitrogen and oxygen atoms in total. The smallest absolute Gasteiger partial charge is 0.256 e. The number of ether oxygens (including phenoxy) is 1. The van der Waals surface area contributed by atoms with Crippen molar-refractivity contribution in [1.29, 1.82) is 0 Å². The van der Waals surface area contributed by atoms with Crippen LogP contribution in [0, 0.1) is 13.8 Å². The van der Waals surface area contributed by atoms with Crippen LogP contribution >= 0.6 is 0 Å². The predicted octanol–water partition coefficient (Wildman–Crippen LogP) is 5.06. The predicted molar refractivity (Wildman–Crippen MR) is 162 cm³/mol. The molecule has 3 N–H and O–H groups in total. The zero-order valence-corrected chi connectivity index (χ0v) is 24.2. The molecule has 2 aromatic heterocycles. The van der Waals surface area contributed by atoms with Crippen LogP contribution in [0.2, 0.25) is 0 Å². The zero-order valence-electron chi connectivity index (χ0n) is 24.2. The van der Waals surface area contributed by atoms with Crippen molar-refractivity contribution < 1.29 is 14.3 Å². The van der Waals surface area contributed by atoms with E-state index in [-0.39, 0.29) is 11.8 Å². The Morgan fingerprint density at radius 2 is 1.85 bits per heavy atom. The Balaban J connectivity index is 1.44. The molecule has 212 valence electrons. The maximum Gasteiger partial charge on any atom is 0.256 e. The van der Waals surface area contributed by atoms with Crippen LogP contribution in [0.25, 0.3) is 28.6 Å². The summed E-state index contributed by atoms with van der Waals surface area (Å²) in [5.41, 5.74) is 7.74. The van der Waals surface area contributed by atoms with E-state index in [9.17, 15) is 9.59 Å². The number of anilines is 1. The minimum absolute atomic E-state index is 0.113. The molecule has 2 aromatic carbocycles. The fourth-order valence-corrected chi connectivity index (χ4v) is 5.30. The molecule has 0 fully saturated rings. The molecule has 0 spiro atoms. The van der Waals surface area contributed by atoms with Crippen LogP contribution in [0.5, 0.6) is 5.75 Å². The van der Waals surface area contributed by atoms with Crippen molar-refractivity contribution >= 4 is 29.2 Å². The van der Waals surface area contributed by atoms with E-state index in [1.54, 1.807) is 13.3 Å². The number of nitrogens with one attached hydrogen (secondary N) is 3. The summed E-state index contributed by atoms with van der Waals surface area (Å²) in [6, 6.07) is 15.5. The molecule has 0 saturated carbocycles. The molecule has 5 rings (SSSR count). The number of carbonyl (C=O) groups excluding carboxylic acids is 2. The number of aryl methyl sites for hydroxylation is 1. The van der Waals surface area contributed by atoms with Gasteiger partial charge in [-0.15, -0.1) is 0 Å². The van der Waals surface area contributed by atoms with Crippen molar-refractivity contribution in [3.05, 3.63) is 82.8 Å². The summed E-state index contributed by atoms with van der Waals surface area (Å²) < 4.78 is 7.15. The Morgan fingerprint density at radius 3 is 2.56 bits per heavy atom. The number of hydrogen-bond acceptors (Lipinski definition) is 5. The van der Waals surface area contributed by atoms with Crippen molar-refractivity contribution in [3.63, 3.8) is 0 Å². The average Bonchev–Trinajstić information content (AvgIpc) is 3.66. The second kappa shape index (κ2) is 11.9. The molecule has 0 radical (unpaired) electrons. The lowest BCUT2D eigenvalue weighted by Crippen LogP contribution is -2.35. The number of nitrogens with zero attached hydrogens (tertiary/aromatic N) is 3. The number of H-pyrrole nitrogens is 1. The number of hydrogen-bond donors (Lipinski definition) is 3. The number of aromatic nitrogens is 3. The molecule has 4 aromatic rings. The molecule has 1 aliphatic rings. The number of likely N-dealkylation sites (N-methyl/N-ethyl adjacent to an activating group) is 1. The number of amides is 2. The highest BCUT2D eigenvalue weighted by molar-refractivity contribution is 6.35. The van der Waals surface area contributed by atoms with Crippen LogP contribution in [0.15, 0.2) is 54.7 Å². The highest BCUT2D eigenvalue weighted by atomic mass is 16.5. The molecule has 0 unspecified atom stereocenters. The van der Waals surface area contributed by atoms with E-state index >= 15 is 0 Å². The third-order valence-electron chi connectivity index (χ3n) is 7.66. The molecule has 1 aliphatic heterocycles. The quantitative estimate of drug-likeness (QED) is 0.239. The number of fused-ring (bicyclic) bond motifs is 1. The topological polar surface area (TPSA) is 104 Å². The second-order valence-electron chi connectivity index (χ2n) is 10.0. The molecule has 41 heavy (non-hydrogen) atoms.